The molecule has 1 atom stereocenters. The van der Waals surface area contributed by atoms with Gasteiger partial charge in [0.1, 0.15) is 5.82 Å². The molecule has 116 valence electrons. The predicted octanol–water partition coefficient (Wildman–Crippen LogP) is 2.88. The van der Waals surface area contributed by atoms with Crippen molar-refractivity contribution in [2.24, 2.45) is 5.92 Å². The molecular formula is C15H16Cl2N4O. The van der Waals surface area contributed by atoms with Crippen molar-refractivity contribution in [3.8, 4) is 0 Å². The van der Waals surface area contributed by atoms with E-state index < -0.39 is 0 Å². The third kappa shape index (κ3) is 3.36. The maximum atomic E-state index is 11.9. The molecule has 1 aliphatic rings. The fourth-order valence-electron chi connectivity index (χ4n) is 2.78. The summed E-state index contributed by atoms with van der Waals surface area (Å²) in [6.45, 7) is 0.775. The number of fused-ring (bicyclic) bond motifs is 1. The van der Waals surface area contributed by atoms with Crippen LogP contribution in [-0.2, 0) is 12.8 Å². The van der Waals surface area contributed by atoms with Gasteiger partial charge in [-0.25, -0.2) is 0 Å². The Kier molecular flexibility index (Phi) is 4.27. The summed E-state index contributed by atoms with van der Waals surface area (Å²) < 4.78 is 0. The van der Waals surface area contributed by atoms with Gasteiger partial charge in [0.2, 0.25) is 5.95 Å². The molecule has 2 aromatic rings. The second kappa shape index (κ2) is 6.18. The number of nitrogens with one attached hydrogen (secondary N) is 2. The zero-order valence-electron chi connectivity index (χ0n) is 11.8. The lowest BCUT2D eigenvalue weighted by molar-refractivity contribution is 0.491. The predicted molar refractivity (Wildman–Crippen MR) is 89.7 cm³/mol. The zero-order chi connectivity index (χ0) is 15.7. The Morgan fingerprint density at radius 1 is 1.27 bits per heavy atom. The number of aromatic nitrogens is 2. The second-order valence-electron chi connectivity index (χ2n) is 5.55. The third-order valence-electron chi connectivity index (χ3n) is 3.85. The largest absolute Gasteiger partial charge is 0.369 e. The first kappa shape index (κ1) is 15.2. The van der Waals surface area contributed by atoms with Crippen LogP contribution in [0.5, 0.6) is 0 Å². The molecular weight excluding hydrogens is 323 g/mol. The summed E-state index contributed by atoms with van der Waals surface area (Å²) in [6, 6.07) is 5.57. The van der Waals surface area contributed by atoms with Crippen LogP contribution in [-0.4, -0.2) is 16.5 Å². The quantitative estimate of drug-likeness (QED) is 0.803. The van der Waals surface area contributed by atoms with Crippen LogP contribution >= 0.6 is 23.2 Å². The number of aromatic amines is 1. The Morgan fingerprint density at radius 2 is 2.00 bits per heavy atom. The molecule has 0 fully saturated rings. The second-order valence-corrected chi connectivity index (χ2v) is 6.42. The topological polar surface area (TPSA) is 83.8 Å². The molecule has 5 nitrogen and oxygen atoms in total. The van der Waals surface area contributed by atoms with E-state index in [1.807, 2.05) is 12.1 Å². The van der Waals surface area contributed by atoms with Crippen molar-refractivity contribution in [1.82, 2.24) is 9.97 Å². The van der Waals surface area contributed by atoms with Crippen molar-refractivity contribution >= 4 is 35.0 Å². The highest BCUT2D eigenvalue weighted by atomic mass is 35.5. The maximum Gasteiger partial charge on any atom is 0.257 e. The molecule has 7 heteroatoms. The zero-order valence-corrected chi connectivity index (χ0v) is 13.3. The molecule has 0 spiro atoms. The molecule has 1 aromatic heterocycles. The molecule has 0 radical (unpaired) electrons. The molecule has 0 aliphatic carbocycles. The van der Waals surface area contributed by atoms with Crippen molar-refractivity contribution in [2.45, 2.75) is 19.3 Å². The number of nitrogens with zero attached hydrogens (tertiary/aromatic N) is 1. The summed E-state index contributed by atoms with van der Waals surface area (Å²) in [6.07, 6.45) is 2.49. The molecule has 1 aliphatic heterocycles. The highest BCUT2D eigenvalue weighted by molar-refractivity contribution is 6.34. The fraction of sp³-hybridized carbons (Fsp3) is 0.333. The number of nitrogens with two attached hydrogens (primary N) is 1. The van der Waals surface area contributed by atoms with E-state index in [9.17, 15) is 4.79 Å². The third-order valence-corrected chi connectivity index (χ3v) is 4.28. The maximum absolute atomic E-state index is 11.9. The van der Waals surface area contributed by atoms with E-state index in [1.54, 1.807) is 6.07 Å². The molecule has 3 rings (SSSR count). The van der Waals surface area contributed by atoms with Crippen LogP contribution in [0.3, 0.4) is 0 Å². The standard InChI is InChI=1S/C15H16Cl2N4O/c16-10-3-8(4-11(17)6-10)1-2-9-5-12-13(19-7-9)20-15(18)21-14(12)22/h3-4,6,9H,1-2,5,7H2,(H4,18,19,20,21,22). The van der Waals surface area contributed by atoms with Crippen LogP contribution in [0.2, 0.25) is 10.0 Å². The minimum atomic E-state index is -0.162. The normalized spacial score (nSPS) is 16.9. The van der Waals surface area contributed by atoms with Gasteiger partial charge in [-0.3, -0.25) is 9.78 Å². The van der Waals surface area contributed by atoms with E-state index in [4.69, 9.17) is 28.9 Å². The number of anilines is 2. The number of H-pyrrole nitrogens is 1. The molecule has 4 N–H and O–H groups in total. The summed E-state index contributed by atoms with van der Waals surface area (Å²) in [4.78, 5) is 18.6. The van der Waals surface area contributed by atoms with Crippen LogP contribution < -0.4 is 16.6 Å². The number of halogens is 2. The Bertz CT molecular complexity index is 739. The van der Waals surface area contributed by atoms with Gasteiger partial charge in [0, 0.05) is 16.6 Å². The number of hydrogen-bond donors (Lipinski definition) is 3. The van der Waals surface area contributed by atoms with Gasteiger partial charge in [-0.1, -0.05) is 23.2 Å². The monoisotopic (exact) mass is 338 g/mol. The van der Waals surface area contributed by atoms with Gasteiger partial charge < -0.3 is 11.1 Å². The highest BCUT2D eigenvalue weighted by Gasteiger charge is 2.22. The van der Waals surface area contributed by atoms with Crippen LogP contribution in [0.15, 0.2) is 23.0 Å². The smallest absolute Gasteiger partial charge is 0.257 e. The minimum absolute atomic E-state index is 0.142. The van der Waals surface area contributed by atoms with Crippen LogP contribution in [0.4, 0.5) is 11.8 Å². The van der Waals surface area contributed by atoms with Crippen LogP contribution in [0, 0.1) is 5.92 Å². The summed E-state index contributed by atoms with van der Waals surface area (Å²) >= 11 is 12.0. The van der Waals surface area contributed by atoms with E-state index in [2.05, 4.69) is 15.3 Å². The van der Waals surface area contributed by atoms with E-state index in [1.165, 1.54) is 0 Å². The van der Waals surface area contributed by atoms with E-state index in [-0.39, 0.29) is 11.5 Å². The van der Waals surface area contributed by atoms with Crippen molar-refractivity contribution in [1.29, 1.82) is 0 Å². The molecule has 0 saturated heterocycles. The first-order chi connectivity index (χ1) is 10.5. The van der Waals surface area contributed by atoms with Gasteiger partial charge in [0.05, 0.1) is 5.56 Å². The van der Waals surface area contributed by atoms with Gasteiger partial charge >= 0.3 is 0 Å². The Labute approximate surface area is 137 Å². The number of aryl methyl sites for hydroxylation is 1. The van der Waals surface area contributed by atoms with Crippen molar-refractivity contribution in [3.05, 3.63) is 49.7 Å². The Balaban J connectivity index is 1.69. The van der Waals surface area contributed by atoms with Crippen LogP contribution in [0.1, 0.15) is 17.5 Å². The molecule has 1 aromatic carbocycles. The van der Waals surface area contributed by atoms with Gasteiger partial charge in [-0.05, 0) is 48.9 Å². The average molecular weight is 339 g/mol. The molecule has 0 amide bonds. The average Bonchev–Trinajstić information content (AvgIpc) is 2.44. The lowest BCUT2D eigenvalue weighted by Crippen LogP contribution is -2.30. The number of benzene rings is 1. The van der Waals surface area contributed by atoms with Crippen LogP contribution in [0.25, 0.3) is 0 Å². The first-order valence-corrected chi connectivity index (χ1v) is 7.84. The van der Waals surface area contributed by atoms with Crippen molar-refractivity contribution < 1.29 is 0 Å². The van der Waals surface area contributed by atoms with Gasteiger partial charge in [0.25, 0.3) is 5.56 Å². The summed E-state index contributed by atoms with van der Waals surface area (Å²) in [5.41, 5.74) is 7.17. The Morgan fingerprint density at radius 3 is 2.73 bits per heavy atom. The molecule has 22 heavy (non-hydrogen) atoms. The summed E-state index contributed by atoms with van der Waals surface area (Å²) in [7, 11) is 0. The molecule has 1 unspecified atom stereocenters. The minimum Gasteiger partial charge on any atom is -0.369 e. The molecule has 0 bridgehead atoms. The number of hydrogen-bond acceptors (Lipinski definition) is 4. The fourth-order valence-corrected chi connectivity index (χ4v) is 3.35. The van der Waals surface area contributed by atoms with Gasteiger partial charge in [0.15, 0.2) is 0 Å². The summed E-state index contributed by atoms with van der Waals surface area (Å²) in [5.74, 6) is 1.10. The lowest BCUT2D eigenvalue weighted by atomic mass is 9.91. The molecule has 2 heterocycles. The summed E-state index contributed by atoms with van der Waals surface area (Å²) in [5, 5.41) is 4.48. The lowest BCUT2D eigenvalue weighted by Gasteiger charge is -2.24. The SMILES string of the molecule is Nc1nc2c(c(=O)[nH]1)CC(CCc1cc(Cl)cc(Cl)c1)CN2. The van der Waals surface area contributed by atoms with Crippen molar-refractivity contribution in [2.75, 3.05) is 17.6 Å². The van der Waals surface area contributed by atoms with Crippen molar-refractivity contribution in [3.63, 3.8) is 0 Å². The number of nitrogen functional groups attached to an aromatic ring is 1. The van der Waals surface area contributed by atoms with E-state index in [0.717, 1.165) is 24.9 Å². The highest BCUT2D eigenvalue weighted by Crippen LogP contribution is 2.25. The Hall–Kier alpha value is -1.72. The molecule has 0 saturated carbocycles. The van der Waals surface area contributed by atoms with Gasteiger partial charge in [-0.15, -0.1) is 0 Å². The van der Waals surface area contributed by atoms with E-state index in [0.29, 0.717) is 33.8 Å². The number of rotatable bonds is 3. The first-order valence-electron chi connectivity index (χ1n) is 7.09. The van der Waals surface area contributed by atoms with E-state index >= 15 is 0 Å². The van der Waals surface area contributed by atoms with Gasteiger partial charge in [-0.2, -0.15) is 4.98 Å².